The largest absolute Gasteiger partial charge is 0.390 e. The van der Waals surface area contributed by atoms with E-state index in [2.05, 4.69) is 27.7 Å². The Morgan fingerprint density at radius 2 is 1.67 bits per heavy atom. The Hall–Kier alpha value is -0.0400. The van der Waals surface area contributed by atoms with E-state index in [1.807, 2.05) is 6.92 Å². The van der Waals surface area contributed by atoms with Gasteiger partial charge in [-0.15, -0.1) is 0 Å². The topological polar surface area (TPSA) is 20.2 Å². The highest BCUT2D eigenvalue weighted by molar-refractivity contribution is 4.75. The summed E-state index contributed by atoms with van der Waals surface area (Å²) in [5.41, 5.74) is -0.460. The molecule has 0 aromatic rings. The van der Waals surface area contributed by atoms with E-state index in [0.717, 1.165) is 18.8 Å². The first-order valence-electron chi connectivity index (χ1n) is 6.65. The summed E-state index contributed by atoms with van der Waals surface area (Å²) < 4.78 is 0. The predicted molar refractivity (Wildman–Crippen MR) is 68.0 cm³/mol. The Morgan fingerprint density at radius 1 is 1.07 bits per heavy atom. The van der Waals surface area contributed by atoms with Crippen LogP contribution in [0.15, 0.2) is 0 Å². The first-order valence-corrected chi connectivity index (χ1v) is 6.65. The summed E-state index contributed by atoms with van der Waals surface area (Å²) in [5, 5.41) is 10.0. The highest BCUT2D eigenvalue weighted by Crippen LogP contribution is 2.28. The highest BCUT2D eigenvalue weighted by Gasteiger charge is 2.23. The van der Waals surface area contributed by atoms with Crippen LogP contribution in [0.3, 0.4) is 0 Å². The van der Waals surface area contributed by atoms with Gasteiger partial charge in [-0.25, -0.2) is 0 Å². The molecule has 0 radical (unpaired) electrons. The van der Waals surface area contributed by atoms with Crippen LogP contribution < -0.4 is 0 Å². The van der Waals surface area contributed by atoms with Crippen LogP contribution in [0.1, 0.15) is 73.1 Å². The molecule has 0 amide bonds. The lowest BCUT2D eigenvalue weighted by Gasteiger charge is -2.29. The molecule has 0 heterocycles. The third-order valence-corrected chi connectivity index (χ3v) is 3.76. The van der Waals surface area contributed by atoms with E-state index in [4.69, 9.17) is 0 Å². The van der Waals surface area contributed by atoms with E-state index in [-0.39, 0.29) is 0 Å². The van der Waals surface area contributed by atoms with Gasteiger partial charge in [0.05, 0.1) is 5.60 Å². The molecule has 0 rings (SSSR count). The fraction of sp³-hybridized carbons (Fsp3) is 1.00. The molecular formula is C14H30O. The van der Waals surface area contributed by atoms with Gasteiger partial charge in [-0.1, -0.05) is 53.4 Å². The van der Waals surface area contributed by atoms with E-state index in [1.165, 1.54) is 25.7 Å². The molecule has 3 atom stereocenters. The van der Waals surface area contributed by atoms with Crippen molar-refractivity contribution in [2.24, 2.45) is 11.8 Å². The standard InChI is InChI=1S/C14H30O/c1-6-8-9-10-12(3)13(4)11-14(5,15)7-2/h12-13,15H,6-11H2,1-5H3. The summed E-state index contributed by atoms with van der Waals surface area (Å²) in [4.78, 5) is 0. The van der Waals surface area contributed by atoms with Crippen LogP contribution in [-0.4, -0.2) is 10.7 Å². The van der Waals surface area contributed by atoms with Gasteiger partial charge in [-0.05, 0) is 31.6 Å². The van der Waals surface area contributed by atoms with Crippen LogP contribution in [0.25, 0.3) is 0 Å². The van der Waals surface area contributed by atoms with Crippen LogP contribution in [0.5, 0.6) is 0 Å². The molecule has 0 bridgehead atoms. The first kappa shape index (κ1) is 15.0. The Kier molecular flexibility index (Phi) is 7.25. The number of hydrogen-bond donors (Lipinski definition) is 1. The molecule has 0 fully saturated rings. The van der Waals surface area contributed by atoms with Gasteiger partial charge in [0.25, 0.3) is 0 Å². The zero-order chi connectivity index (χ0) is 11.9. The minimum atomic E-state index is -0.460. The first-order chi connectivity index (χ1) is 6.93. The molecule has 1 heteroatoms. The summed E-state index contributed by atoms with van der Waals surface area (Å²) in [6.45, 7) is 10.9. The average molecular weight is 214 g/mol. The van der Waals surface area contributed by atoms with Crippen molar-refractivity contribution in [3.63, 3.8) is 0 Å². The quantitative estimate of drug-likeness (QED) is 0.594. The Morgan fingerprint density at radius 3 is 2.13 bits per heavy atom. The van der Waals surface area contributed by atoms with Crippen molar-refractivity contribution in [3.05, 3.63) is 0 Å². The zero-order valence-corrected chi connectivity index (χ0v) is 11.3. The van der Waals surface area contributed by atoms with Crippen LogP contribution >= 0.6 is 0 Å². The number of rotatable bonds is 8. The summed E-state index contributed by atoms with van der Waals surface area (Å²) >= 11 is 0. The molecular weight excluding hydrogens is 184 g/mol. The van der Waals surface area contributed by atoms with Gasteiger partial charge >= 0.3 is 0 Å². The Labute approximate surface area is 96.3 Å². The molecule has 0 aliphatic heterocycles. The van der Waals surface area contributed by atoms with Crippen molar-refractivity contribution in [3.8, 4) is 0 Å². The maximum absolute atomic E-state index is 10.0. The van der Waals surface area contributed by atoms with Crippen molar-refractivity contribution >= 4 is 0 Å². The van der Waals surface area contributed by atoms with Crippen LogP contribution in [0, 0.1) is 11.8 Å². The number of hydrogen-bond acceptors (Lipinski definition) is 1. The van der Waals surface area contributed by atoms with E-state index >= 15 is 0 Å². The molecule has 0 aromatic heterocycles. The molecule has 92 valence electrons. The van der Waals surface area contributed by atoms with Gasteiger partial charge in [-0.3, -0.25) is 0 Å². The van der Waals surface area contributed by atoms with E-state index in [0.29, 0.717) is 5.92 Å². The predicted octanol–water partition coefficient (Wildman–Crippen LogP) is 4.39. The van der Waals surface area contributed by atoms with Crippen molar-refractivity contribution < 1.29 is 5.11 Å². The Balaban J connectivity index is 3.82. The summed E-state index contributed by atoms with van der Waals surface area (Å²) in [6, 6.07) is 0. The van der Waals surface area contributed by atoms with Crippen LogP contribution in [0.4, 0.5) is 0 Å². The maximum atomic E-state index is 10.0. The lowest BCUT2D eigenvalue weighted by Crippen LogP contribution is -2.27. The zero-order valence-electron chi connectivity index (χ0n) is 11.3. The second kappa shape index (κ2) is 7.27. The Bertz CT molecular complexity index is 151. The second-order valence-corrected chi connectivity index (χ2v) is 5.50. The van der Waals surface area contributed by atoms with Gasteiger partial charge in [-0.2, -0.15) is 0 Å². The third kappa shape index (κ3) is 6.94. The van der Waals surface area contributed by atoms with Gasteiger partial charge in [0.15, 0.2) is 0 Å². The number of aliphatic hydroxyl groups is 1. The maximum Gasteiger partial charge on any atom is 0.0619 e. The average Bonchev–Trinajstić information content (AvgIpc) is 2.17. The van der Waals surface area contributed by atoms with Gasteiger partial charge in [0.2, 0.25) is 0 Å². The van der Waals surface area contributed by atoms with E-state index in [1.54, 1.807) is 0 Å². The van der Waals surface area contributed by atoms with Crippen LogP contribution in [-0.2, 0) is 0 Å². The third-order valence-electron chi connectivity index (χ3n) is 3.76. The lowest BCUT2D eigenvalue weighted by atomic mass is 9.82. The van der Waals surface area contributed by atoms with Gasteiger partial charge in [0, 0.05) is 0 Å². The molecule has 0 aromatic carbocycles. The normalized spacial score (nSPS) is 19.6. The molecule has 0 aliphatic carbocycles. The van der Waals surface area contributed by atoms with Gasteiger partial charge < -0.3 is 5.11 Å². The lowest BCUT2D eigenvalue weighted by molar-refractivity contribution is 0.0237. The van der Waals surface area contributed by atoms with E-state index in [9.17, 15) is 5.11 Å². The molecule has 1 nitrogen and oxygen atoms in total. The molecule has 1 N–H and O–H groups in total. The smallest absolute Gasteiger partial charge is 0.0619 e. The molecule has 0 aliphatic rings. The summed E-state index contributed by atoms with van der Waals surface area (Å²) in [6.07, 6.45) is 7.11. The van der Waals surface area contributed by atoms with E-state index < -0.39 is 5.60 Å². The fourth-order valence-corrected chi connectivity index (χ4v) is 2.04. The minimum absolute atomic E-state index is 0.460. The van der Waals surface area contributed by atoms with Crippen molar-refractivity contribution in [2.45, 2.75) is 78.7 Å². The highest BCUT2D eigenvalue weighted by atomic mass is 16.3. The summed E-state index contributed by atoms with van der Waals surface area (Å²) in [5.74, 6) is 1.38. The van der Waals surface area contributed by atoms with Crippen molar-refractivity contribution in [2.75, 3.05) is 0 Å². The minimum Gasteiger partial charge on any atom is -0.390 e. The van der Waals surface area contributed by atoms with Crippen molar-refractivity contribution in [1.29, 1.82) is 0 Å². The molecule has 3 unspecified atom stereocenters. The van der Waals surface area contributed by atoms with Gasteiger partial charge in [0.1, 0.15) is 0 Å². The fourth-order valence-electron chi connectivity index (χ4n) is 2.04. The second-order valence-electron chi connectivity index (χ2n) is 5.50. The molecule has 0 spiro atoms. The molecule has 15 heavy (non-hydrogen) atoms. The molecule has 0 saturated carbocycles. The SMILES string of the molecule is CCCCCC(C)C(C)CC(C)(O)CC. The van der Waals surface area contributed by atoms with Crippen molar-refractivity contribution in [1.82, 2.24) is 0 Å². The summed E-state index contributed by atoms with van der Waals surface area (Å²) in [7, 11) is 0. The monoisotopic (exact) mass is 214 g/mol. The molecule has 0 saturated heterocycles. The van der Waals surface area contributed by atoms with Crippen LogP contribution in [0.2, 0.25) is 0 Å². The number of unbranched alkanes of at least 4 members (excludes halogenated alkanes) is 2.